The van der Waals surface area contributed by atoms with Crippen LogP contribution in [0.15, 0.2) is 0 Å². The van der Waals surface area contributed by atoms with E-state index in [9.17, 15) is 4.79 Å². The quantitative estimate of drug-likeness (QED) is 0.762. The van der Waals surface area contributed by atoms with Crippen LogP contribution in [-0.2, 0) is 9.53 Å². The molecule has 1 saturated carbocycles. The van der Waals surface area contributed by atoms with Gasteiger partial charge in [-0.15, -0.1) is 0 Å². The Balaban J connectivity index is 2.35. The van der Waals surface area contributed by atoms with Crippen molar-refractivity contribution in [3.63, 3.8) is 0 Å². The van der Waals surface area contributed by atoms with E-state index in [1.807, 2.05) is 20.8 Å². The Morgan fingerprint density at radius 3 is 2.50 bits per heavy atom. The zero-order chi connectivity index (χ0) is 13.6. The lowest BCUT2D eigenvalue weighted by Gasteiger charge is -2.30. The van der Waals surface area contributed by atoms with Crippen LogP contribution in [0.3, 0.4) is 0 Å². The SMILES string of the molecule is COCC(C)(C)NC(C)C(=O)NC1CCCCC1. The molecule has 0 aromatic carbocycles. The van der Waals surface area contributed by atoms with Crippen LogP contribution in [-0.4, -0.2) is 37.2 Å². The summed E-state index contributed by atoms with van der Waals surface area (Å²) in [5.41, 5.74) is -0.182. The summed E-state index contributed by atoms with van der Waals surface area (Å²) in [6, 6.07) is 0.193. The molecule has 1 aliphatic carbocycles. The Morgan fingerprint density at radius 1 is 1.33 bits per heavy atom. The van der Waals surface area contributed by atoms with Crippen molar-refractivity contribution in [1.29, 1.82) is 0 Å². The predicted octanol–water partition coefficient (Wildman–Crippen LogP) is 1.84. The topological polar surface area (TPSA) is 50.4 Å². The van der Waals surface area contributed by atoms with Gasteiger partial charge >= 0.3 is 0 Å². The number of rotatable bonds is 6. The first-order valence-electron chi connectivity index (χ1n) is 7.01. The number of hydrogen-bond acceptors (Lipinski definition) is 3. The fourth-order valence-corrected chi connectivity index (χ4v) is 2.63. The molecule has 1 unspecified atom stereocenters. The predicted molar refractivity (Wildman–Crippen MR) is 73.6 cm³/mol. The zero-order valence-corrected chi connectivity index (χ0v) is 12.2. The summed E-state index contributed by atoms with van der Waals surface area (Å²) < 4.78 is 5.14. The van der Waals surface area contributed by atoms with Crippen LogP contribution in [0.1, 0.15) is 52.9 Å². The summed E-state index contributed by atoms with van der Waals surface area (Å²) in [7, 11) is 1.68. The van der Waals surface area contributed by atoms with E-state index in [1.54, 1.807) is 7.11 Å². The molecule has 0 aromatic rings. The van der Waals surface area contributed by atoms with Crippen molar-refractivity contribution in [3.05, 3.63) is 0 Å². The number of nitrogens with one attached hydrogen (secondary N) is 2. The number of carbonyl (C=O) groups excluding carboxylic acids is 1. The highest BCUT2D eigenvalue weighted by Gasteiger charge is 2.25. The minimum atomic E-state index is -0.183. The number of ether oxygens (including phenoxy) is 1. The second kappa shape index (κ2) is 7.10. The summed E-state index contributed by atoms with van der Waals surface area (Å²) in [4.78, 5) is 12.1. The summed E-state index contributed by atoms with van der Waals surface area (Å²) >= 11 is 0. The number of amides is 1. The molecular formula is C14H28N2O2. The van der Waals surface area contributed by atoms with Crippen molar-refractivity contribution in [3.8, 4) is 0 Å². The van der Waals surface area contributed by atoms with Gasteiger partial charge in [-0.25, -0.2) is 0 Å². The van der Waals surface area contributed by atoms with E-state index in [1.165, 1.54) is 19.3 Å². The molecule has 0 radical (unpaired) electrons. The standard InChI is InChI=1S/C14H28N2O2/c1-11(16-14(2,3)10-18-4)13(17)15-12-8-6-5-7-9-12/h11-12,16H,5-10H2,1-4H3,(H,15,17). The fraction of sp³-hybridized carbons (Fsp3) is 0.929. The van der Waals surface area contributed by atoms with Gasteiger partial charge in [-0.2, -0.15) is 0 Å². The third kappa shape index (κ3) is 5.36. The second-order valence-corrected chi connectivity index (χ2v) is 6.03. The van der Waals surface area contributed by atoms with Crippen LogP contribution in [0.5, 0.6) is 0 Å². The maximum atomic E-state index is 12.1. The maximum absolute atomic E-state index is 12.1. The van der Waals surface area contributed by atoms with Gasteiger partial charge in [0.15, 0.2) is 0 Å². The lowest BCUT2D eigenvalue weighted by Crippen LogP contribution is -2.55. The molecule has 2 N–H and O–H groups in total. The van der Waals surface area contributed by atoms with Gasteiger partial charge in [0.25, 0.3) is 0 Å². The molecule has 0 spiro atoms. The Labute approximate surface area is 111 Å². The molecule has 0 bridgehead atoms. The number of hydrogen-bond donors (Lipinski definition) is 2. The molecule has 0 aliphatic heterocycles. The van der Waals surface area contributed by atoms with E-state index >= 15 is 0 Å². The Kier molecular flexibility index (Phi) is 6.09. The Morgan fingerprint density at radius 2 is 1.94 bits per heavy atom. The minimum absolute atomic E-state index is 0.103. The van der Waals surface area contributed by atoms with Crippen LogP contribution in [0.4, 0.5) is 0 Å². The van der Waals surface area contributed by atoms with E-state index in [0.717, 1.165) is 12.8 Å². The van der Waals surface area contributed by atoms with E-state index in [-0.39, 0.29) is 17.5 Å². The van der Waals surface area contributed by atoms with Crippen molar-refractivity contribution in [2.24, 2.45) is 0 Å². The summed E-state index contributed by atoms with van der Waals surface area (Å²) in [6.45, 7) is 6.59. The third-order valence-corrected chi connectivity index (χ3v) is 3.46. The van der Waals surface area contributed by atoms with Crippen molar-refractivity contribution in [2.45, 2.75) is 70.5 Å². The van der Waals surface area contributed by atoms with Gasteiger partial charge in [-0.1, -0.05) is 19.3 Å². The highest BCUT2D eigenvalue weighted by Crippen LogP contribution is 2.17. The molecule has 1 amide bonds. The second-order valence-electron chi connectivity index (χ2n) is 6.03. The van der Waals surface area contributed by atoms with Gasteiger partial charge in [-0.05, 0) is 33.6 Å². The maximum Gasteiger partial charge on any atom is 0.237 e. The minimum Gasteiger partial charge on any atom is -0.383 e. The average molecular weight is 256 g/mol. The van der Waals surface area contributed by atoms with Crippen LogP contribution < -0.4 is 10.6 Å². The van der Waals surface area contributed by atoms with Crippen molar-refractivity contribution < 1.29 is 9.53 Å². The summed E-state index contributed by atoms with van der Waals surface area (Å²) in [6.07, 6.45) is 6.03. The molecule has 0 aromatic heterocycles. The summed E-state index contributed by atoms with van der Waals surface area (Å²) in [5, 5.41) is 6.45. The lowest BCUT2D eigenvalue weighted by molar-refractivity contribution is -0.124. The molecule has 4 nitrogen and oxygen atoms in total. The Hall–Kier alpha value is -0.610. The molecule has 0 saturated heterocycles. The first kappa shape index (κ1) is 15.4. The summed E-state index contributed by atoms with van der Waals surface area (Å²) in [5.74, 6) is 0.103. The van der Waals surface area contributed by atoms with Crippen LogP contribution in [0.2, 0.25) is 0 Å². The van der Waals surface area contributed by atoms with Crippen molar-refractivity contribution in [2.75, 3.05) is 13.7 Å². The average Bonchev–Trinajstić information content (AvgIpc) is 2.29. The highest BCUT2D eigenvalue weighted by molar-refractivity contribution is 5.81. The zero-order valence-electron chi connectivity index (χ0n) is 12.2. The van der Waals surface area contributed by atoms with E-state index in [2.05, 4.69) is 10.6 Å². The highest BCUT2D eigenvalue weighted by atomic mass is 16.5. The molecule has 1 fully saturated rings. The molecule has 0 heterocycles. The smallest absolute Gasteiger partial charge is 0.237 e. The largest absolute Gasteiger partial charge is 0.383 e. The van der Waals surface area contributed by atoms with Gasteiger partial charge < -0.3 is 10.1 Å². The van der Waals surface area contributed by atoms with Crippen LogP contribution in [0.25, 0.3) is 0 Å². The Bertz CT molecular complexity index is 261. The van der Waals surface area contributed by atoms with Crippen molar-refractivity contribution in [1.82, 2.24) is 10.6 Å². The molecule has 18 heavy (non-hydrogen) atoms. The van der Waals surface area contributed by atoms with Gasteiger partial charge in [0.05, 0.1) is 12.6 Å². The van der Waals surface area contributed by atoms with E-state index in [4.69, 9.17) is 4.74 Å². The molecule has 1 atom stereocenters. The number of methoxy groups -OCH3 is 1. The molecule has 1 rings (SSSR count). The first-order chi connectivity index (χ1) is 8.44. The third-order valence-electron chi connectivity index (χ3n) is 3.46. The molecule has 1 aliphatic rings. The van der Waals surface area contributed by atoms with E-state index in [0.29, 0.717) is 12.6 Å². The van der Waals surface area contributed by atoms with Gasteiger partial charge in [0.1, 0.15) is 0 Å². The fourth-order valence-electron chi connectivity index (χ4n) is 2.63. The van der Waals surface area contributed by atoms with Crippen LogP contribution in [0, 0.1) is 0 Å². The lowest BCUT2D eigenvalue weighted by atomic mass is 9.95. The van der Waals surface area contributed by atoms with Gasteiger partial charge in [0.2, 0.25) is 5.91 Å². The molecule has 4 heteroatoms. The molecular weight excluding hydrogens is 228 g/mol. The first-order valence-corrected chi connectivity index (χ1v) is 7.01. The van der Waals surface area contributed by atoms with Gasteiger partial charge in [0, 0.05) is 18.7 Å². The molecule has 106 valence electrons. The normalized spacial score (nSPS) is 19.6. The van der Waals surface area contributed by atoms with Crippen LogP contribution >= 0.6 is 0 Å². The number of carbonyl (C=O) groups is 1. The van der Waals surface area contributed by atoms with E-state index < -0.39 is 0 Å². The van der Waals surface area contributed by atoms with Gasteiger partial charge in [-0.3, -0.25) is 10.1 Å². The van der Waals surface area contributed by atoms with Crippen molar-refractivity contribution >= 4 is 5.91 Å². The monoisotopic (exact) mass is 256 g/mol.